The first-order chi connectivity index (χ1) is 6.66. The van der Waals surface area contributed by atoms with Crippen LogP contribution in [0.3, 0.4) is 0 Å². The fourth-order valence-electron chi connectivity index (χ4n) is 0.950. The Hall–Kier alpha value is -2.11. The van der Waals surface area contributed by atoms with E-state index in [1.807, 2.05) is 0 Å². The minimum absolute atomic E-state index is 0.114. The Morgan fingerprint density at radius 2 is 2.36 bits per heavy atom. The Morgan fingerprint density at radius 3 is 2.86 bits per heavy atom. The molecule has 0 fully saturated rings. The second-order valence-electron chi connectivity index (χ2n) is 2.68. The molecule has 2 aromatic rings. The lowest BCUT2D eigenvalue weighted by Crippen LogP contribution is -1.95. The highest BCUT2D eigenvalue weighted by atomic mass is 16.5. The molecule has 14 heavy (non-hydrogen) atoms. The maximum atomic E-state index is 10.5. The molecule has 2 heterocycles. The van der Waals surface area contributed by atoms with Crippen molar-refractivity contribution in [1.29, 1.82) is 0 Å². The summed E-state index contributed by atoms with van der Waals surface area (Å²) in [5.74, 6) is -0.714. The highest BCUT2D eigenvalue weighted by Crippen LogP contribution is 2.19. The first kappa shape index (κ1) is 8.49. The molecule has 0 radical (unpaired) electrons. The van der Waals surface area contributed by atoms with Gasteiger partial charge in [-0.15, -0.1) is 0 Å². The number of carbonyl (C=O) groups is 1. The van der Waals surface area contributed by atoms with Crippen molar-refractivity contribution in [3.63, 3.8) is 0 Å². The molecule has 0 aliphatic heterocycles. The van der Waals surface area contributed by atoms with E-state index >= 15 is 0 Å². The van der Waals surface area contributed by atoms with Gasteiger partial charge in [-0.25, -0.2) is 4.79 Å². The van der Waals surface area contributed by atoms with Gasteiger partial charge in [0.2, 0.25) is 5.76 Å². The number of carboxylic acids is 1. The van der Waals surface area contributed by atoms with Gasteiger partial charge in [0.25, 0.3) is 5.89 Å². The normalized spacial score (nSPS) is 10.4. The molecule has 0 bridgehead atoms. The third-order valence-electron chi connectivity index (χ3n) is 1.56. The summed E-state index contributed by atoms with van der Waals surface area (Å²) in [6, 6.07) is 1.61. The number of hydrogen-bond donors (Lipinski definition) is 1. The zero-order valence-electron chi connectivity index (χ0n) is 7.22. The number of oxazole rings is 1. The third kappa shape index (κ3) is 1.37. The van der Waals surface area contributed by atoms with Gasteiger partial charge in [-0.2, -0.15) is 4.98 Å². The SMILES string of the molecule is Cc1cc(-c2nc(C(=O)O)co2)on1. The lowest BCUT2D eigenvalue weighted by Gasteiger charge is -1.82. The number of hydrogen-bond acceptors (Lipinski definition) is 5. The van der Waals surface area contributed by atoms with Crippen LogP contribution in [0.5, 0.6) is 0 Å². The summed E-state index contributed by atoms with van der Waals surface area (Å²) >= 11 is 0. The van der Waals surface area contributed by atoms with E-state index < -0.39 is 5.97 Å². The standard InChI is InChI=1S/C8H6N2O4/c1-4-2-6(14-10-4)7-9-5(3-13-7)8(11)12/h2-3H,1H3,(H,11,12). The molecule has 0 aromatic carbocycles. The maximum Gasteiger partial charge on any atom is 0.357 e. The summed E-state index contributed by atoms with van der Waals surface area (Å²) in [6.45, 7) is 1.74. The van der Waals surface area contributed by atoms with E-state index in [4.69, 9.17) is 14.0 Å². The molecule has 2 rings (SSSR count). The van der Waals surface area contributed by atoms with Gasteiger partial charge < -0.3 is 14.0 Å². The molecule has 0 spiro atoms. The van der Waals surface area contributed by atoms with Crippen LogP contribution in [-0.2, 0) is 0 Å². The van der Waals surface area contributed by atoms with E-state index in [2.05, 4.69) is 10.1 Å². The quantitative estimate of drug-likeness (QED) is 0.775. The van der Waals surface area contributed by atoms with Crippen LogP contribution in [0.15, 0.2) is 21.3 Å². The van der Waals surface area contributed by atoms with Crippen LogP contribution < -0.4 is 0 Å². The van der Waals surface area contributed by atoms with Crippen molar-refractivity contribution < 1.29 is 18.8 Å². The second kappa shape index (κ2) is 2.99. The van der Waals surface area contributed by atoms with Crippen LogP contribution in [0, 0.1) is 6.92 Å². The fourth-order valence-corrected chi connectivity index (χ4v) is 0.950. The van der Waals surface area contributed by atoms with Gasteiger partial charge in [0, 0.05) is 6.07 Å². The number of aromatic nitrogens is 2. The summed E-state index contributed by atoms with van der Waals surface area (Å²) < 4.78 is 9.74. The molecule has 0 unspecified atom stereocenters. The monoisotopic (exact) mass is 194 g/mol. The molecular weight excluding hydrogens is 188 g/mol. The van der Waals surface area contributed by atoms with E-state index in [0.29, 0.717) is 11.5 Å². The second-order valence-corrected chi connectivity index (χ2v) is 2.68. The molecule has 0 atom stereocenters. The van der Waals surface area contributed by atoms with Gasteiger partial charge >= 0.3 is 5.97 Å². The van der Waals surface area contributed by atoms with Crippen LogP contribution in [0.4, 0.5) is 0 Å². The number of aromatic carboxylic acids is 1. The minimum Gasteiger partial charge on any atom is -0.476 e. The Bertz CT molecular complexity index is 471. The topological polar surface area (TPSA) is 89.4 Å². The third-order valence-corrected chi connectivity index (χ3v) is 1.56. The fraction of sp³-hybridized carbons (Fsp3) is 0.125. The van der Waals surface area contributed by atoms with Gasteiger partial charge in [-0.1, -0.05) is 5.16 Å². The van der Waals surface area contributed by atoms with Gasteiger partial charge in [0.1, 0.15) is 6.26 Å². The van der Waals surface area contributed by atoms with Crippen LogP contribution >= 0.6 is 0 Å². The lowest BCUT2D eigenvalue weighted by molar-refractivity contribution is 0.0690. The van der Waals surface area contributed by atoms with Gasteiger partial charge in [-0.3, -0.25) is 0 Å². The number of aryl methyl sites for hydroxylation is 1. The average molecular weight is 194 g/mol. The lowest BCUT2D eigenvalue weighted by atomic mass is 10.4. The first-order valence-electron chi connectivity index (χ1n) is 3.79. The zero-order valence-corrected chi connectivity index (χ0v) is 7.22. The van der Waals surface area contributed by atoms with E-state index in [-0.39, 0.29) is 11.6 Å². The number of carboxylic acid groups (broad SMARTS) is 1. The molecule has 0 aliphatic carbocycles. The van der Waals surface area contributed by atoms with Gasteiger partial charge in [0.15, 0.2) is 5.69 Å². The van der Waals surface area contributed by atoms with E-state index in [1.165, 1.54) is 0 Å². The van der Waals surface area contributed by atoms with Crippen molar-refractivity contribution >= 4 is 5.97 Å². The van der Waals surface area contributed by atoms with Gasteiger partial charge in [0.05, 0.1) is 5.69 Å². The molecule has 6 nitrogen and oxygen atoms in total. The molecule has 6 heteroatoms. The summed E-state index contributed by atoms with van der Waals surface area (Å²) in [6.07, 6.45) is 1.05. The Morgan fingerprint density at radius 1 is 1.57 bits per heavy atom. The molecule has 0 aliphatic rings. The summed E-state index contributed by atoms with van der Waals surface area (Å²) in [4.78, 5) is 14.2. The van der Waals surface area contributed by atoms with Crippen molar-refractivity contribution in [1.82, 2.24) is 10.1 Å². The average Bonchev–Trinajstić information content (AvgIpc) is 2.70. The number of nitrogens with zero attached hydrogens (tertiary/aromatic N) is 2. The largest absolute Gasteiger partial charge is 0.476 e. The zero-order chi connectivity index (χ0) is 10.1. The predicted molar refractivity (Wildman–Crippen MR) is 43.7 cm³/mol. The summed E-state index contributed by atoms with van der Waals surface area (Å²) in [7, 11) is 0. The van der Waals surface area contributed by atoms with Crippen molar-refractivity contribution in [3.05, 3.63) is 23.7 Å². The molecular formula is C8H6N2O4. The summed E-state index contributed by atoms with van der Waals surface area (Å²) in [5.41, 5.74) is 0.518. The van der Waals surface area contributed by atoms with Crippen LogP contribution in [0.25, 0.3) is 11.7 Å². The Labute approximate surface area is 78.2 Å². The molecule has 0 saturated heterocycles. The van der Waals surface area contributed by atoms with Crippen molar-refractivity contribution in [2.24, 2.45) is 0 Å². The van der Waals surface area contributed by atoms with Crippen LogP contribution in [0.2, 0.25) is 0 Å². The highest BCUT2D eigenvalue weighted by Gasteiger charge is 2.14. The van der Waals surface area contributed by atoms with Crippen molar-refractivity contribution in [3.8, 4) is 11.7 Å². The van der Waals surface area contributed by atoms with Crippen molar-refractivity contribution in [2.75, 3.05) is 0 Å². The number of rotatable bonds is 2. The maximum absolute atomic E-state index is 10.5. The van der Waals surface area contributed by atoms with Crippen LogP contribution in [-0.4, -0.2) is 21.2 Å². The van der Waals surface area contributed by atoms with Crippen molar-refractivity contribution in [2.45, 2.75) is 6.92 Å². The molecule has 1 N–H and O–H groups in total. The van der Waals surface area contributed by atoms with Crippen LogP contribution in [0.1, 0.15) is 16.2 Å². The molecule has 72 valence electrons. The molecule has 0 saturated carbocycles. The summed E-state index contributed by atoms with van der Waals surface area (Å²) in [5, 5.41) is 12.2. The molecule has 2 aromatic heterocycles. The Kier molecular flexibility index (Phi) is 1.81. The van der Waals surface area contributed by atoms with E-state index in [1.54, 1.807) is 13.0 Å². The predicted octanol–water partition coefficient (Wildman–Crippen LogP) is 1.34. The van der Waals surface area contributed by atoms with E-state index in [0.717, 1.165) is 6.26 Å². The highest BCUT2D eigenvalue weighted by molar-refractivity contribution is 5.85. The Balaban J connectivity index is 2.38. The first-order valence-corrected chi connectivity index (χ1v) is 3.79. The van der Waals surface area contributed by atoms with Gasteiger partial charge in [-0.05, 0) is 6.92 Å². The van der Waals surface area contributed by atoms with E-state index in [9.17, 15) is 4.79 Å². The smallest absolute Gasteiger partial charge is 0.357 e. The molecule has 0 amide bonds. The minimum atomic E-state index is -1.14.